The molecule has 5 nitrogen and oxygen atoms in total. The molecule has 0 bridgehead atoms. The Morgan fingerprint density at radius 2 is 1.83 bits per heavy atom. The van der Waals surface area contributed by atoms with Crippen LogP contribution >= 0.6 is 0 Å². The second kappa shape index (κ2) is 7.68. The van der Waals surface area contributed by atoms with Gasteiger partial charge in [-0.1, -0.05) is 27.7 Å². The highest BCUT2D eigenvalue weighted by Gasteiger charge is 2.33. The standard InChI is InChI=1S/C14H16N4O.2C2H6/c1-8-5-11-13-12(15-8)7-19-6-10-3-4-18(10)14(13)17-9(2)16-11;2*1-2/h5,10H,3-4,6-7H2,1-2H3;2*1-2H3. The van der Waals surface area contributed by atoms with Crippen molar-refractivity contribution in [3.05, 3.63) is 23.3 Å². The van der Waals surface area contributed by atoms with Crippen molar-refractivity contribution in [3.63, 3.8) is 0 Å². The second-order valence-corrected chi connectivity index (χ2v) is 5.35. The van der Waals surface area contributed by atoms with Crippen molar-refractivity contribution in [2.45, 2.75) is 60.6 Å². The van der Waals surface area contributed by atoms with Gasteiger partial charge in [0, 0.05) is 12.2 Å². The van der Waals surface area contributed by atoms with Crippen LogP contribution in [0.5, 0.6) is 0 Å². The van der Waals surface area contributed by atoms with E-state index < -0.39 is 0 Å². The van der Waals surface area contributed by atoms with Gasteiger partial charge in [0.05, 0.1) is 35.9 Å². The van der Waals surface area contributed by atoms with E-state index in [0.717, 1.165) is 47.1 Å². The summed E-state index contributed by atoms with van der Waals surface area (Å²) in [6, 6.07) is 2.50. The number of nitrogens with zero attached hydrogens (tertiary/aromatic N) is 4. The highest BCUT2D eigenvalue weighted by molar-refractivity contribution is 5.92. The fraction of sp³-hybridized carbons (Fsp3) is 0.611. The van der Waals surface area contributed by atoms with Gasteiger partial charge in [-0.05, 0) is 26.3 Å². The molecule has 2 aromatic heterocycles. The first kappa shape index (κ1) is 17.6. The van der Waals surface area contributed by atoms with Gasteiger partial charge in [-0.15, -0.1) is 0 Å². The second-order valence-electron chi connectivity index (χ2n) is 5.35. The van der Waals surface area contributed by atoms with Crippen molar-refractivity contribution < 1.29 is 4.74 Å². The Kier molecular flexibility index (Phi) is 5.88. The molecule has 0 saturated carbocycles. The number of anilines is 1. The lowest BCUT2D eigenvalue weighted by molar-refractivity contribution is 0.0891. The zero-order chi connectivity index (χ0) is 17.0. The normalized spacial score (nSPS) is 18.3. The van der Waals surface area contributed by atoms with Gasteiger partial charge in [0.15, 0.2) is 0 Å². The topological polar surface area (TPSA) is 51.1 Å². The Balaban J connectivity index is 0.000000448. The van der Waals surface area contributed by atoms with E-state index in [1.807, 2.05) is 47.6 Å². The average molecular weight is 316 g/mol. The summed E-state index contributed by atoms with van der Waals surface area (Å²) < 4.78 is 5.78. The lowest BCUT2D eigenvalue weighted by Gasteiger charge is -2.43. The third-order valence-electron chi connectivity index (χ3n) is 3.94. The fourth-order valence-corrected chi connectivity index (χ4v) is 2.96. The predicted molar refractivity (Wildman–Crippen MR) is 94.9 cm³/mol. The van der Waals surface area contributed by atoms with Gasteiger partial charge in [0.25, 0.3) is 0 Å². The molecule has 0 amide bonds. The predicted octanol–water partition coefficient (Wildman–Crippen LogP) is 3.80. The summed E-state index contributed by atoms with van der Waals surface area (Å²) in [6.07, 6.45) is 1.18. The summed E-state index contributed by atoms with van der Waals surface area (Å²) in [4.78, 5) is 16.2. The molecule has 0 aromatic carbocycles. The molecule has 1 fully saturated rings. The molecule has 5 heteroatoms. The molecule has 1 saturated heterocycles. The van der Waals surface area contributed by atoms with Gasteiger partial charge in [-0.2, -0.15) is 0 Å². The minimum atomic E-state index is 0.465. The first-order chi connectivity index (χ1) is 11.2. The number of ether oxygens (including phenoxy) is 1. The average Bonchev–Trinajstić information content (AvgIpc) is 2.52. The van der Waals surface area contributed by atoms with Crippen LogP contribution in [0.25, 0.3) is 10.9 Å². The number of aryl methyl sites for hydroxylation is 2. The SMILES string of the molecule is CC.CC.Cc1cc2nc(C)nc3c2c(n1)COCC1CCN31. The molecular formula is C18H28N4O. The number of fused-ring (bicyclic) bond motifs is 2. The van der Waals surface area contributed by atoms with Gasteiger partial charge in [0.2, 0.25) is 0 Å². The Labute approximate surface area is 139 Å². The van der Waals surface area contributed by atoms with Crippen molar-refractivity contribution in [2.75, 3.05) is 18.1 Å². The van der Waals surface area contributed by atoms with Crippen LogP contribution in [0.15, 0.2) is 6.07 Å². The van der Waals surface area contributed by atoms with Gasteiger partial charge in [0.1, 0.15) is 11.6 Å². The Bertz CT molecular complexity index is 666. The van der Waals surface area contributed by atoms with E-state index >= 15 is 0 Å². The number of hydrogen-bond donors (Lipinski definition) is 0. The molecule has 0 aliphatic carbocycles. The zero-order valence-corrected chi connectivity index (χ0v) is 15.2. The van der Waals surface area contributed by atoms with Crippen LogP contribution in [0.2, 0.25) is 0 Å². The van der Waals surface area contributed by atoms with Crippen molar-refractivity contribution in [3.8, 4) is 0 Å². The molecule has 1 atom stereocenters. The van der Waals surface area contributed by atoms with E-state index in [0.29, 0.717) is 12.6 Å². The maximum atomic E-state index is 5.78. The summed E-state index contributed by atoms with van der Waals surface area (Å²) in [5.74, 6) is 1.87. The molecule has 2 aliphatic heterocycles. The molecule has 2 aliphatic rings. The van der Waals surface area contributed by atoms with E-state index in [1.165, 1.54) is 6.42 Å². The number of pyridine rings is 1. The maximum Gasteiger partial charge on any atom is 0.142 e. The van der Waals surface area contributed by atoms with Crippen molar-refractivity contribution in [1.29, 1.82) is 0 Å². The summed E-state index contributed by atoms with van der Waals surface area (Å²) in [6.45, 7) is 14.3. The smallest absolute Gasteiger partial charge is 0.142 e. The lowest BCUT2D eigenvalue weighted by Crippen LogP contribution is -2.51. The Hall–Kier alpha value is -1.75. The Morgan fingerprint density at radius 1 is 1.09 bits per heavy atom. The summed E-state index contributed by atoms with van der Waals surface area (Å²) in [7, 11) is 0. The molecular weight excluding hydrogens is 288 g/mol. The van der Waals surface area contributed by atoms with Crippen molar-refractivity contribution in [1.82, 2.24) is 15.0 Å². The zero-order valence-electron chi connectivity index (χ0n) is 15.2. The minimum absolute atomic E-state index is 0.465. The largest absolute Gasteiger partial charge is 0.373 e. The molecule has 2 aromatic rings. The molecule has 1 unspecified atom stereocenters. The van der Waals surface area contributed by atoms with Gasteiger partial charge >= 0.3 is 0 Å². The minimum Gasteiger partial charge on any atom is -0.373 e. The number of aromatic nitrogens is 3. The van der Waals surface area contributed by atoms with E-state index in [1.54, 1.807) is 0 Å². The van der Waals surface area contributed by atoms with Crippen LogP contribution in [-0.4, -0.2) is 34.1 Å². The van der Waals surface area contributed by atoms with Gasteiger partial charge < -0.3 is 9.64 Å². The van der Waals surface area contributed by atoms with E-state index in [4.69, 9.17) is 4.74 Å². The van der Waals surface area contributed by atoms with Crippen LogP contribution < -0.4 is 4.90 Å². The fourth-order valence-electron chi connectivity index (χ4n) is 2.96. The summed E-state index contributed by atoms with van der Waals surface area (Å²) in [5.41, 5.74) is 2.94. The van der Waals surface area contributed by atoms with Crippen molar-refractivity contribution >= 4 is 16.7 Å². The van der Waals surface area contributed by atoms with E-state index in [9.17, 15) is 0 Å². The first-order valence-corrected chi connectivity index (χ1v) is 8.71. The quantitative estimate of drug-likeness (QED) is 0.740. The van der Waals surface area contributed by atoms with Gasteiger partial charge in [-0.3, -0.25) is 4.98 Å². The highest BCUT2D eigenvalue weighted by atomic mass is 16.5. The first-order valence-electron chi connectivity index (χ1n) is 8.71. The Morgan fingerprint density at radius 3 is 2.48 bits per heavy atom. The van der Waals surface area contributed by atoms with Crippen molar-refractivity contribution in [2.24, 2.45) is 0 Å². The monoisotopic (exact) mass is 316 g/mol. The number of hydrogen-bond acceptors (Lipinski definition) is 5. The molecule has 4 rings (SSSR count). The van der Waals surface area contributed by atoms with Crippen LogP contribution in [0.1, 0.15) is 51.3 Å². The molecule has 0 N–H and O–H groups in total. The van der Waals surface area contributed by atoms with Crippen LogP contribution in [-0.2, 0) is 11.3 Å². The van der Waals surface area contributed by atoms with Gasteiger partial charge in [-0.25, -0.2) is 9.97 Å². The molecule has 0 spiro atoms. The molecule has 4 heterocycles. The third-order valence-corrected chi connectivity index (χ3v) is 3.94. The van der Waals surface area contributed by atoms with Crippen LogP contribution in [0.4, 0.5) is 5.82 Å². The van der Waals surface area contributed by atoms with Crippen LogP contribution in [0, 0.1) is 13.8 Å². The van der Waals surface area contributed by atoms with E-state index in [2.05, 4.69) is 19.9 Å². The molecule has 0 radical (unpaired) electrons. The summed E-state index contributed by atoms with van der Waals surface area (Å²) in [5, 5.41) is 1.07. The number of rotatable bonds is 0. The lowest BCUT2D eigenvalue weighted by atomic mass is 10.0. The van der Waals surface area contributed by atoms with Crippen LogP contribution in [0.3, 0.4) is 0 Å². The maximum absolute atomic E-state index is 5.78. The summed E-state index contributed by atoms with van der Waals surface area (Å²) >= 11 is 0. The van der Waals surface area contributed by atoms with E-state index in [-0.39, 0.29) is 0 Å². The molecule has 23 heavy (non-hydrogen) atoms. The third kappa shape index (κ3) is 3.29. The highest BCUT2D eigenvalue weighted by Crippen LogP contribution is 2.34. The molecule has 126 valence electrons.